The number of esters is 1. The Morgan fingerprint density at radius 3 is 2.00 bits per heavy atom. The van der Waals surface area contributed by atoms with Crippen LogP contribution in [0.5, 0.6) is 11.5 Å². The minimum atomic E-state index is -0.576. The Bertz CT molecular complexity index is 791. The Labute approximate surface area is 138 Å². The van der Waals surface area contributed by atoms with Crippen molar-refractivity contribution in [3.8, 4) is 11.5 Å². The molecule has 6 nitrogen and oxygen atoms in total. The molecule has 0 radical (unpaired) electrons. The number of benzene rings is 2. The van der Waals surface area contributed by atoms with Crippen molar-refractivity contribution < 1.29 is 28.5 Å². The Balaban J connectivity index is 2.18. The molecule has 2 aromatic carbocycles. The summed E-state index contributed by atoms with van der Waals surface area (Å²) >= 11 is 0. The van der Waals surface area contributed by atoms with Gasteiger partial charge in [-0.25, -0.2) is 4.79 Å². The third kappa shape index (κ3) is 4.48. The second kappa shape index (κ2) is 8.79. The minimum Gasteiger partial charge on any atom is -0.461 e. The van der Waals surface area contributed by atoms with Gasteiger partial charge in [-0.1, -0.05) is 30.8 Å². The first-order valence-corrected chi connectivity index (χ1v) is 6.83. The number of ether oxygens (including phenoxy) is 4. The van der Waals surface area contributed by atoms with Gasteiger partial charge >= 0.3 is 5.97 Å². The molecule has 2 rings (SSSR count). The molecule has 0 saturated heterocycles. The molecule has 0 bridgehead atoms. The molecule has 0 unspecified atom stereocenters. The maximum Gasteiger partial charge on any atom is 0.335 e. The molecule has 0 aromatic heterocycles. The molecule has 24 heavy (non-hydrogen) atoms. The molecule has 6 heteroatoms. The molecule has 122 valence electrons. The lowest BCUT2D eigenvalue weighted by Gasteiger charge is -2.08. The fourth-order valence-corrected chi connectivity index (χ4v) is 1.87. The zero-order chi connectivity index (χ0) is 17.2. The highest BCUT2D eigenvalue weighted by Crippen LogP contribution is 2.32. The van der Waals surface area contributed by atoms with E-state index in [4.69, 9.17) is 9.47 Å². The topological polar surface area (TPSA) is 71.1 Å². The second-order valence-electron chi connectivity index (χ2n) is 4.26. The van der Waals surface area contributed by atoms with E-state index >= 15 is 0 Å². The third-order valence-electron chi connectivity index (χ3n) is 2.83. The standard InChI is InChI=1S/C18H14O6/c1-2-18(20)24-12-11-23-17-8-4-5-14-15(17)6-3-7-16(14)22-10-9-21-13-19/h2-13H,1H2/b10-9-,12-11-. The van der Waals surface area contributed by atoms with E-state index in [1.54, 1.807) is 24.3 Å². The molecule has 0 aliphatic rings. The van der Waals surface area contributed by atoms with Crippen molar-refractivity contribution in [1.29, 1.82) is 0 Å². The molecule has 0 aliphatic carbocycles. The van der Waals surface area contributed by atoms with Gasteiger partial charge in [-0.3, -0.25) is 4.79 Å². The molecule has 0 heterocycles. The van der Waals surface area contributed by atoms with Crippen LogP contribution in [0.4, 0.5) is 0 Å². The number of hydrogen-bond donors (Lipinski definition) is 0. The van der Waals surface area contributed by atoms with E-state index in [1.165, 1.54) is 12.5 Å². The summed E-state index contributed by atoms with van der Waals surface area (Å²) in [7, 11) is 0. The van der Waals surface area contributed by atoms with Crippen LogP contribution in [-0.2, 0) is 19.1 Å². The molecule has 0 fully saturated rings. The van der Waals surface area contributed by atoms with Gasteiger partial charge in [-0.2, -0.15) is 0 Å². The van der Waals surface area contributed by atoms with E-state index in [2.05, 4.69) is 16.1 Å². The average Bonchev–Trinajstić information content (AvgIpc) is 2.62. The van der Waals surface area contributed by atoms with Gasteiger partial charge in [0.15, 0.2) is 0 Å². The Kier molecular flexibility index (Phi) is 6.16. The van der Waals surface area contributed by atoms with Gasteiger partial charge in [0.2, 0.25) is 0 Å². The van der Waals surface area contributed by atoms with Crippen molar-refractivity contribution in [1.82, 2.24) is 0 Å². The van der Waals surface area contributed by atoms with E-state index in [-0.39, 0.29) is 0 Å². The monoisotopic (exact) mass is 326 g/mol. The van der Waals surface area contributed by atoms with Crippen molar-refractivity contribution in [2.24, 2.45) is 0 Å². The lowest BCUT2D eigenvalue weighted by molar-refractivity contribution is -0.132. The minimum absolute atomic E-state index is 0.292. The molecule has 2 aromatic rings. The van der Waals surface area contributed by atoms with E-state index in [1.807, 2.05) is 12.1 Å². The van der Waals surface area contributed by atoms with Crippen molar-refractivity contribution >= 4 is 23.2 Å². The van der Waals surface area contributed by atoms with E-state index in [0.717, 1.165) is 29.4 Å². The molecule has 0 amide bonds. The van der Waals surface area contributed by atoms with E-state index in [9.17, 15) is 9.59 Å². The molecular weight excluding hydrogens is 312 g/mol. The van der Waals surface area contributed by atoms with Gasteiger partial charge in [0.05, 0.1) is 0 Å². The molecule has 0 N–H and O–H groups in total. The lowest BCUT2D eigenvalue weighted by atomic mass is 10.1. The van der Waals surface area contributed by atoms with Gasteiger partial charge in [0.25, 0.3) is 6.47 Å². The van der Waals surface area contributed by atoms with Crippen LogP contribution in [0.2, 0.25) is 0 Å². The zero-order valence-electron chi connectivity index (χ0n) is 12.6. The first kappa shape index (κ1) is 16.8. The van der Waals surface area contributed by atoms with Crippen molar-refractivity contribution in [3.63, 3.8) is 0 Å². The van der Waals surface area contributed by atoms with Crippen molar-refractivity contribution in [2.75, 3.05) is 0 Å². The van der Waals surface area contributed by atoms with Crippen molar-refractivity contribution in [3.05, 3.63) is 74.1 Å². The van der Waals surface area contributed by atoms with Crippen LogP contribution in [-0.4, -0.2) is 12.4 Å². The summed E-state index contributed by atoms with van der Waals surface area (Å²) in [6, 6.07) is 10.8. The summed E-state index contributed by atoms with van der Waals surface area (Å²) in [6.07, 6.45) is 5.81. The average molecular weight is 326 g/mol. The zero-order valence-corrected chi connectivity index (χ0v) is 12.6. The van der Waals surface area contributed by atoms with Crippen LogP contribution in [0.1, 0.15) is 0 Å². The first-order chi connectivity index (χ1) is 11.8. The van der Waals surface area contributed by atoms with Gasteiger partial charge in [-0.05, 0) is 12.1 Å². The summed E-state index contributed by atoms with van der Waals surface area (Å²) in [6.45, 7) is 3.58. The largest absolute Gasteiger partial charge is 0.461 e. The highest BCUT2D eigenvalue weighted by Gasteiger charge is 2.05. The fraction of sp³-hybridized carbons (Fsp3) is 0. The summed E-state index contributed by atoms with van der Waals surface area (Å²) in [4.78, 5) is 21.0. The summed E-state index contributed by atoms with van der Waals surface area (Å²) in [5, 5.41) is 1.58. The predicted molar refractivity (Wildman–Crippen MR) is 86.9 cm³/mol. The van der Waals surface area contributed by atoms with E-state index in [0.29, 0.717) is 18.0 Å². The van der Waals surface area contributed by atoms with Gasteiger partial charge < -0.3 is 18.9 Å². The van der Waals surface area contributed by atoms with Crippen molar-refractivity contribution in [2.45, 2.75) is 0 Å². The van der Waals surface area contributed by atoms with Crippen LogP contribution in [0, 0.1) is 0 Å². The summed E-state index contributed by atoms with van der Waals surface area (Å²) < 4.78 is 20.0. The molecule has 0 spiro atoms. The quantitative estimate of drug-likeness (QED) is 0.320. The van der Waals surface area contributed by atoms with Crippen LogP contribution in [0.25, 0.3) is 10.8 Å². The smallest absolute Gasteiger partial charge is 0.335 e. The SMILES string of the molecule is C=CC(=O)O/C=C\Oc1cccc2c(O/C=C\OC=O)cccc12. The Morgan fingerprint density at radius 2 is 1.46 bits per heavy atom. The number of hydrogen-bond acceptors (Lipinski definition) is 6. The van der Waals surface area contributed by atoms with Gasteiger partial charge in [0, 0.05) is 16.8 Å². The highest BCUT2D eigenvalue weighted by molar-refractivity contribution is 5.93. The van der Waals surface area contributed by atoms with Crippen LogP contribution in [0.3, 0.4) is 0 Å². The fourth-order valence-electron chi connectivity index (χ4n) is 1.87. The Hall–Kier alpha value is -3.54. The maximum atomic E-state index is 10.9. The summed E-state index contributed by atoms with van der Waals surface area (Å²) in [5.41, 5.74) is 0. The molecule has 0 atom stereocenters. The van der Waals surface area contributed by atoms with Gasteiger partial charge in [0.1, 0.15) is 36.5 Å². The number of rotatable bonds is 8. The lowest BCUT2D eigenvalue weighted by Crippen LogP contribution is -1.93. The second-order valence-corrected chi connectivity index (χ2v) is 4.26. The number of fused-ring (bicyclic) bond motifs is 1. The normalized spacial score (nSPS) is 10.7. The molecule has 0 saturated carbocycles. The van der Waals surface area contributed by atoms with E-state index < -0.39 is 5.97 Å². The first-order valence-electron chi connectivity index (χ1n) is 6.83. The van der Waals surface area contributed by atoms with Crippen LogP contribution < -0.4 is 9.47 Å². The highest BCUT2D eigenvalue weighted by atomic mass is 16.5. The maximum absolute atomic E-state index is 10.9. The molecule has 0 aliphatic heterocycles. The summed E-state index contributed by atoms with van der Waals surface area (Å²) in [5.74, 6) is 0.538. The van der Waals surface area contributed by atoms with Crippen LogP contribution >= 0.6 is 0 Å². The number of carbonyl (C=O) groups excluding carboxylic acids is 2. The Morgan fingerprint density at radius 1 is 0.875 bits per heavy atom. The van der Waals surface area contributed by atoms with Crippen LogP contribution in [0.15, 0.2) is 74.1 Å². The number of carbonyl (C=O) groups is 2. The third-order valence-corrected chi connectivity index (χ3v) is 2.83. The van der Waals surface area contributed by atoms with Gasteiger partial charge in [-0.15, -0.1) is 0 Å². The molecular formula is C18H14O6. The predicted octanol–water partition coefficient (Wildman–Crippen LogP) is 3.44.